The number of unbranched alkanes of at least 4 members (excludes halogenated alkanes) is 8. The fourth-order valence-corrected chi connectivity index (χ4v) is 2.54. The molecule has 1 atom stereocenters. The van der Waals surface area contributed by atoms with Crippen molar-refractivity contribution < 1.29 is 4.79 Å². The highest BCUT2D eigenvalue weighted by atomic mass is 16.1. The Morgan fingerprint density at radius 1 is 0.577 bits per heavy atom. The van der Waals surface area contributed by atoms with Crippen molar-refractivity contribution in [1.82, 2.24) is 0 Å². The van der Waals surface area contributed by atoms with Gasteiger partial charge in [-0.2, -0.15) is 0 Å². The van der Waals surface area contributed by atoms with Crippen molar-refractivity contribution in [1.29, 1.82) is 0 Å². The van der Waals surface area contributed by atoms with Gasteiger partial charge in [0.1, 0.15) is 5.78 Å². The monoisotopic (exact) mass is 372 g/mol. The van der Waals surface area contributed by atoms with Gasteiger partial charge in [-0.3, -0.25) is 4.79 Å². The standard InChI is InChI=1S/C17H34O.2C3H8.C2H6/c1-4-6-8-10-11-13-15-17(16(3)18)14-12-9-7-5-2;2*1-3-2;1-2/h17H,4-15H2,1-3H3;2*3H2,1-2H3;1-2H3. The Labute approximate surface area is 169 Å². The van der Waals surface area contributed by atoms with E-state index in [0.717, 1.165) is 12.8 Å². The molecule has 1 unspecified atom stereocenters. The molecule has 0 amide bonds. The van der Waals surface area contributed by atoms with E-state index < -0.39 is 0 Å². The van der Waals surface area contributed by atoms with Crippen LogP contribution in [0.1, 0.15) is 152 Å². The number of carbonyl (C=O) groups is 1. The quantitative estimate of drug-likeness (QED) is 0.294. The summed E-state index contributed by atoms with van der Waals surface area (Å²) in [6.45, 7) is 18.8. The molecule has 0 aromatic heterocycles. The highest BCUT2D eigenvalue weighted by molar-refractivity contribution is 5.78. The molecule has 0 saturated heterocycles. The van der Waals surface area contributed by atoms with E-state index in [1.807, 2.05) is 13.8 Å². The molecule has 1 nitrogen and oxygen atoms in total. The number of hydrogen-bond acceptors (Lipinski definition) is 1. The van der Waals surface area contributed by atoms with Crippen LogP contribution in [-0.2, 0) is 4.79 Å². The predicted octanol–water partition coefficient (Wildman–Crippen LogP) is 9.77. The Kier molecular flexibility index (Phi) is 45.7. The summed E-state index contributed by atoms with van der Waals surface area (Å²) >= 11 is 0. The maximum absolute atomic E-state index is 11.6. The average Bonchev–Trinajstić information content (AvgIpc) is 2.62. The Hall–Kier alpha value is -0.330. The third-order valence-electron chi connectivity index (χ3n) is 3.89. The van der Waals surface area contributed by atoms with Gasteiger partial charge in [0.25, 0.3) is 0 Å². The lowest BCUT2D eigenvalue weighted by molar-refractivity contribution is -0.121. The van der Waals surface area contributed by atoms with Gasteiger partial charge in [0.05, 0.1) is 0 Å². The fraction of sp³-hybridized carbons (Fsp3) is 0.960. The minimum atomic E-state index is 0.355. The highest BCUT2D eigenvalue weighted by Gasteiger charge is 2.12. The second-order valence-electron chi connectivity index (χ2n) is 7.13. The van der Waals surface area contributed by atoms with E-state index in [1.54, 1.807) is 6.92 Å². The lowest BCUT2D eigenvalue weighted by Gasteiger charge is -2.13. The maximum Gasteiger partial charge on any atom is 0.132 e. The van der Waals surface area contributed by atoms with Crippen LogP contribution in [-0.4, -0.2) is 5.78 Å². The van der Waals surface area contributed by atoms with Gasteiger partial charge in [0.15, 0.2) is 0 Å². The van der Waals surface area contributed by atoms with Crippen molar-refractivity contribution >= 4 is 5.78 Å². The van der Waals surface area contributed by atoms with Crippen LogP contribution in [0.3, 0.4) is 0 Å². The van der Waals surface area contributed by atoms with Crippen molar-refractivity contribution in [3.05, 3.63) is 0 Å². The van der Waals surface area contributed by atoms with Crippen molar-refractivity contribution in [2.45, 2.75) is 152 Å². The lowest BCUT2D eigenvalue weighted by Crippen LogP contribution is -2.10. The molecule has 0 spiro atoms. The molecule has 0 heterocycles. The largest absolute Gasteiger partial charge is 0.300 e. The van der Waals surface area contributed by atoms with Crippen LogP contribution in [0.15, 0.2) is 0 Å². The number of carbonyl (C=O) groups excluding carboxylic acids is 1. The SMILES string of the molecule is CC.CCC.CCC.CCCCCCCCC(CCCCCC)C(C)=O. The number of ketones is 1. The Balaban J connectivity index is -0.000000257. The van der Waals surface area contributed by atoms with Crippen LogP contribution in [0.25, 0.3) is 0 Å². The molecule has 0 saturated carbocycles. The fourth-order valence-electron chi connectivity index (χ4n) is 2.54. The first-order valence-corrected chi connectivity index (χ1v) is 12.1. The van der Waals surface area contributed by atoms with E-state index in [9.17, 15) is 4.79 Å². The molecular weight excluding hydrogens is 316 g/mol. The van der Waals surface area contributed by atoms with Crippen molar-refractivity contribution in [3.63, 3.8) is 0 Å². The molecule has 0 N–H and O–H groups in total. The second-order valence-corrected chi connectivity index (χ2v) is 7.13. The summed E-state index contributed by atoms with van der Waals surface area (Å²) in [6.07, 6.45) is 17.9. The van der Waals surface area contributed by atoms with E-state index in [4.69, 9.17) is 0 Å². The molecule has 0 radical (unpaired) electrons. The molecule has 0 fully saturated rings. The van der Waals surface area contributed by atoms with Crippen LogP contribution in [0.2, 0.25) is 0 Å². The molecule has 0 bridgehead atoms. The van der Waals surface area contributed by atoms with E-state index in [-0.39, 0.29) is 0 Å². The summed E-state index contributed by atoms with van der Waals surface area (Å²) in [6, 6.07) is 0. The summed E-state index contributed by atoms with van der Waals surface area (Å²) < 4.78 is 0. The Bertz CT molecular complexity index is 208. The summed E-state index contributed by atoms with van der Waals surface area (Å²) in [5.41, 5.74) is 0. The molecule has 1 heteroatoms. The molecule has 0 aromatic rings. The van der Waals surface area contributed by atoms with Crippen LogP contribution in [0.5, 0.6) is 0 Å². The molecule has 0 rings (SSSR count). The normalized spacial score (nSPS) is 10.3. The molecule has 0 aliphatic carbocycles. The van der Waals surface area contributed by atoms with Crippen molar-refractivity contribution in [2.24, 2.45) is 5.92 Å². The van der Waals surface area contributed by atoms with Gasteiger partial charge < -0.3 is 0 Å². The predicted molar refractivity (Wildman–Crippen MR) is 124 cm³/mol. The zero-order valence-corrected chi connectivity index (χ0v) is 20.4. The van der Waals surface area contributed by atoms with E-state index in [0.29, 0.717) is 11.7 Å². The van der Waals surface area contributed by atoms with Gasteiger partial charge in [-0.25, -0.2) is 0 Å². The van der Waals surface area contributed by atoms with Gasteiger partial charge in [-0.1, -0.05) is 132 Å². The molecule has 0 aliphatic heterocycles. The molecular formula is C25H56O. The van der Waals surface area contributed by atoms with Gasteiger partial charge in [-0.05, 0) is 19.8 Å². The average molecular weight is 373 g/mol. The van der Waals surface area contributed by atoms with Crippen molar-refractivity contribution in [3.8, 4) is 0 Å². The first-order chi connectivity index (χ1) is 12.5. The maximum atomic E-state index is 11.6. The number of rotatable bonds is 13. The number of hydrogen-bond donors (Lipinski definition) is 0. The first kappa shape index (κ1) is 33.3. The highest BCUT2D eigenvalue weighted by Crippen LogP contribution is 2.19. The summed E-state index contributed by atoms with van der Waals surface area (Å²) in [5.74, 6) is 0.771. The summed E-state index contributed by atoms with van der Waals surface area (Å²) in [7, 11) is 0. The van der Waals surface area contributed by atoms with Crippen LogP contribution in [0.4, 0.5) is 0 Å². The summed E-state index contributed by atoms with van der Waals surface area (Å²) in [4.78, 5) is 11.6. The van der Waals surface area contributed by atoms with Crippen molar-refractivity contribution in [2.75, 3.05) is 0 Å². The minimum absolute atomic E-state index is 0.355. The summed E-state index contributed by atoms with van der Waals surface area (Å²) in [5, 5.41) is 0. The third-order valence-corrected chi connectivity index (χ3v) is 3.89. The Morgan fingerprint density at radius 3 is 1.15 bits per heavy atom. The van der Waals surface area contributed by atoms with E-state index >= 15 is 0 Å². The smallest absolute Gasteiger partial charge is 0.132 e. The lowest BCUT2D eigenvalue weighted by atomic mass is 9.91. The minimum Gasteiger partial charge on any atom is -0.300 e. The molecule has 0 aromatic carbocycles. The second kappa shape index (κ2) is 35.7. The molecule has 162 valence electrons. The van der Waals surface area contributed by atoms with Gasteiger partial charge in [0, 0.05) is 5.92 Å². The molecule has 26 heavy (non-hydrogen) atoms. The van der Waals surface area contributed by atoms with Gasteiger partial charge >= 0.3 is 0 Å². The first-order valence-electron chi connectivity index (χ1n) is 12.1. The van der Waals surface area contributed by atoms with Gasteiger partial charge in [0.2, 0.25) is 0 Å². The zero-order chi connectivity index (χ0) is 21.1. The van der Waals surface area contributed by atoms with Crippen LogP contribution >= 0.6 is 0 Å². The van der Waals surface area contributed by atoms with Crippen LogP contribution < -0.4 is 0 Å². The topological polar surface area (TPSA) is 17.1 Å². The zero-order valence-electron chi connectivity index (χ0n) is 20.4. The van der Waals surface area contributed by atoms with E-state index in [1.165, 1.54) is 77.0 Å². The number of Topliss-reactive ketones (excluding diaryl/α,β-unsaturated/α-hetero) is 1. The Morgan fingerprint density at radius 2 is 0.846 bits per heavy atom. The third kappa shape index (κ3) is 39.0. The van der Waals surface area contributed by atoms with Crippen LogP contribution in [0, 0.1) is 5.92 Å². The van der Waals surface area contributed by atoms with Gasteiger partial charge in [-0.15, -0.1) is 0 Å². The molecule has 0 aliphatic rings. The van der Waals surface area contributed by atoms with E-state index in [2.05, 4.69) is 41.5 Å².